The minimum absolute atomic E-state index is 0.165. The molecule has 3 N–H and O–H groups in total. The molecule has 19 heavy (non-hydrogen) atoms. The molecule has 6 heteroatoms. The third-order valence-corrected chi connectivity index (χ3v) is 2.85. The van der Waals surface area contributed by atoms with E-state index in [9.17, 15) is 9.59 Å². The van der Waals surface area contributed by atoms with Crippen LogP contribution in [0.15, 0.2) is 6.07 Å². The van der Waals surface area contributed by atoms with Crippen molar-refractivity contribution in [1.29, 1.82) is 0 Å². The van der Waals surface area contributed by atoms with Gasteiger partial charge in [-0.2, -0.15) is 5.10 Å². The molecule has 1 heterocycles. The average Bonchev–Trinajstić information content (AvgIpc) is 2.85. The van der Waals surface area contributed by atoms with E-state index < -0.39 is 5.97 Å². The van der Waals surface area contributed by atoms with Crippen LogP contribution in [0, 0.1) is 0 Å². The van der Waals surface area contributed by atoms with Crippen LogP contribution in [0.2, 0.25) is 0 Å². The summed E-state index contributed by atoms with van der Waals surface area (Å²) in [5.41, 5.74) is 1.36. The lowest BCUT2D eigenvalue weighted by molar-refractivity contribution is -0.137. The number of nitrogens with one attached hydrogen (secondary N) is 2. The van der Waals surface area contributed by atoms with E-state index >= 15 is 0 Å². The number of carbonyl (C=O) groups is 2. The van der Waals surface area contributed by atoms with Crippen LogP contribution in [0.25, 0.3) is 0 Å². The van der Waals surface area contributed by atoms with Crippen LogP contribution in [0.5, 0.6) is 0 Å². The summed E-state index contributed by atoms with van der Waals surface area (Å²) in [5.74, 6) is -0.917. The summed E-state index contributed by atoms with van der Waals surface area (Å²) in [4.78, 5) is 22.0. The van der Waals surface area contributed by atoms with Crippen molar-refractivity contribution in [3.63, 3.8) is 0 Å². The topological polar surface area (TPSA) is 95.1 Å². The fourth-order valence-electron chi connectivity index (χ4n) is 1.71. The molecule has 0 aromatic carbocycles. The smallest absolute Gasteiger partial charge is 0.303 e. The molecule has 106 valence electrons. The molecule has 0 saturated heterocycles. The first-order chi connectivity index (χ1) is 9.13. The van der Waals surface area contributed by atoms with Gasteiger partial charge >= 0.3 is 5.97 Å². The Hall–Kier alpha value is -1.85. The molecule has 0 aliphatic heterocycles. The number of H-pyrrole nitrogens is 1. The van der Waals surface area contributed by atoms with Crippen molar-refractivity contribution in [2.45, 2.75) is 45.4 Å². The van der Waals surface area contributed by atoms with Gasteiger partial charge in [0.25, 0.3) is 5.91 Å². The number of aromatic nitrogens is 2. The van der Waals surface area contributed by atoms with Crippen LogP contribution in [-0.4, -0.2) is 33.7 Å². The number of unbranched alkanes of at least 4 members (excludes halogenated alkanes) is 3. The first-order valence-corrected chi connectivity index (χ1v) is 6.67. The van der Waals surface area contributed by atoms with Gasteiger partial charge in [-0.3, -0.25) is 14.7 Å². The lowest BCUT2D eigenvalue weighted by Gasteiger charge is -2.02. The molecule has 0 aliphatic carbocycles. The molecular weight excluding hydrogens is 246 g/mol. The molecule has 0 fully saturated rings. The molecule has 0 unspecified atom stereocenters. The zero-order valence-corrected chi connectivity index (χ0v) is 11.2. The van der Waals surface area contributed by atoms with Gasteiger partial charge in [0.1, 0.15) is 5.69 Å². The second-order valence-corrected chi connectivity index (χ2v) is 4.45. The molecule has 0 bridgehead atoms. The largest absolute Gasteiger partial charge is 0.481 e. The molecule has 0 spiro atoms. The van der Waals surface area contributed by atoms with Crippen molar-refractivity contribution < 1.29 is 14.7 Å². The number of amides is 1. The first-order valence-electron chi connectivity index (χ1n) is 6.67. The second kappa shape index (κ2) is 8.29. The number of aryl methyl sites for hydroxylation is 1. The van der Waals surface area contributed by atoms with Crippen molar-refractivity contribution >= 4 is 11.9 Å². The van der Waals surface area contributed by atoms with Gasteiger partial charge in [0.05, 0.1) is 0 Å². The van der Waals surface area contributed by atoms with Crippen molar-refractivity contribution in [2.75, 3.05) is 6.54 Å². The molecular formula is C13H21N3O3. The van der Waals surface area contributed by atoms with Crippen LogP contribution < -0.4 is 5.32 Å². The molecule has 1 rings (SSSR count). The summed E-state index contributed by atoms with van der Waals surface area (Å²) in [6.45, 7) is 2.59. The van der Waals surface area contributed by atoms with E-state index in [1.54, 1.807) is 6.07 Å². The molecule has 0 radical (unpaired) electrons. The minimum atomic E-state index is -0.751. The number of carboxylic acids is 1. The summed E-state index contributed by atoms with van der Waals surface area (Å²) in [7, 11) is 0. The maximum absolute atomic E-state index is 11.7. The Morgan fingerprint density at radius 1 is 1.32 bits per heavy atom. The van der Waals surface area contributed by atoms with Gasteiger partial charge in [-0.15, -0.1) is 0 Å². The van der Waals surface area contributed by atoms with E-state index in [0.29, 0.717) is 18.7 Å². The number of hydrogen-bond acceptors (Lipinski definition) is 3. The fraction of sp³-hybridized carbons (Fsp3) is 0.615. The molecule has 1 aromatic heterocycles. The number of rotatable bonds is 9. The number of carboxylic acid groups (broad SMARTS) is 1. The van der Waals surface area contributed by atoms with Gasteiger partial charge in [-0.1, -0.05) is 19.8 Å². The Labute approximate surface area is 112 Å². The van der Waals surface area contributed by atoms with E-state index in [-0.39, 0.29) is 12.3 Å². The van der Waals surface area contributed by atoms with Gasteiger partial charge < -0.3 is 10.4 Å². The third kappa shape index (κ3) is 6.03. The first kappa shape index (κ1) is 15.2. The van der Waals surface area contributed by atoms with Gasteiger partial charge in [-0.05, 0) is 25.3 Å². The van der Waals surface area contributed by atoms with E-state index in [2.05, 4.69) is 15.5 Å². The molecule has 6 nitrogen and oxygen atoms in total. The van der Waals surface area contributed by atoms with E-state index in [1.807, 2.05) is 6.92 Å². The minimum Gasteiger partial charge on any atom is -0.481 e. The Morgan fingerprint density at radius 2 is 2.05 bits per heavy atom. The lowest BCUT2D eigenvalue weighted by Crippen LogP contribution is -2.24. The summed E-state index contributed by atoms with van der Waals surface area (Å²) < 4.78 is 0. The number of carbonyl (C=O) groups excluding carboxylic acids is 1. The number of nitrogens with zero attached hydrogens (tertiary/aromatic N) is 1. The van der Waals surface area contributed by atoms with Crippen molar-refractivity contribution in [3.8, 4) is 0 Å². The highest BCUT2D eigenvalue weighted by molar-refractivity contribution is 5.92. The van der Waals surface area contributed by atoms with E-state index in [4.69, 9.17) is 5.11 Å². The molecule has 0 saturated carbocycles. The lowest BCUT2D eigenvalue weighted by atomic mass is 10.1. The van der Waals surface area contributed by atoms with Crippen LogP contribution >= 0.6 is 0 Å². The predicted molar refractivity (Wildman–Crippen MR) is 71.0 cm³/mol. The Bertz CT molecular complexity index is 415. The van der Waals surface area contributed by atoms with Gasteiger partial charge in [0.15, 0.2) is 0 Å². The highest BCUT2D eigenvalue weighted by Gasteiger charge is 2.08. The Morgan fingerprint density at radius 3 is 2.68 bits per heavy atom. The van der Waals surface area contributed by atoms with Crippen molar-refractivity contribution in [2.24, 2.45) is 0 Å². The predicted octanol–water partition coefficient (Wildman–Crippen LogP) is 1.74. The van der Waals surface area contributed by atoms with Gasteiger partial charge in [0.2, 0.25) is 0 Å². The summed E-state index contributed by atoms with van der Waals surface area (Å²) >= 11 is 0. The summed E-state index contributed by atoms with van der Waals surface area (Å²) in [6.07, 6.45) is 4.40. The highest BCUT2D eigenvalue weighted by atomic mass is 16.4. The zero-order chi connectivity index (χ0) is 14.1. The van der Waals surface area contributed by atoms with Crippen molar-refractivity contribution in [1.82, 2.24) is 15.5 Å². The zero-order valence-electron chi connectivity index (χ0n) is 11.2. The molecule has 1 aromatic rings. The third-order valence-electron chi connectivity index (χ3n) is 2.85. The number of hydrogen-bond donors (Lipinski definition) is 3. The Balaban J connectivity index is 2.09. The van der Waals surface area contributed by atoms with E-state index in [0.717, 1.165) is 31.4 Å². The maximum Gasteiger partial charge on any atom is 0.303 e. The highest BCUT2D eigenvalue weighted by Crippen LogP contribution is 2.03. The van der Waals surface area contributed by atoms with Crippen LogP contribution in [-0.2, 0) is 11.2 Å². The Kier molecular flexibility index (Phi) is 6.63. The quantitative estimate of drug-likeness (QED) is 0.594. The van der Waals surface area contributed by atoms with Gasteiger partial charge in [-0.25, -0.2) is 0 Å². The normalized spacial score (nSPS) is 10.4. The fourth-order valence-corrected chi connectivity index (χ4v) is 1.71. The van der Waals surface area contributed by atoms with Crippen LogP contribution in [0.1, 0.15) is 55.2 Å². The van der Waals surface area contributed by atoms with Gasteiger partial charge in [0, 0.05) is 18.7 Å². The number of aromatic amines is 1. The molecule has 1 amide bonds. The van der Waals surface area contributed by atoms with E-state index in [1.165, 1.54) is 0 Å². The second-order valence-electron chi connectivity index (χ2n) is 4.45. The maximum atomic E-state index is 11.7. The summed E-state index contributed by atoms with van der Waals surface area (Å²) in [5, 5.41) is 18.0. The number of aliphatic carboxylic acids is 1. The van der Waals surface area contributed by atoms with Crippen LogP contribution in [0.3, 0.4) is 0 Å². The molecule has 0 atom stereocenters. The molecule has 0 aliphatic rings. The SMILES string of the molecule is CCc1cc(C(=O)NCCCCCCC(=O)O)n[nH]1. The average molecular weight is 267 g/mol. The standard InChI is InChI=1S/C13H21N3O3/c1-2-10-9-11(16-15-10)13(19)14-8-6-4-3-5-7-12(17)18/h9H,2-8H2,1H3,(H,14,19)(H,15,16)(H,17,18). The monoisotopic (exact) mass is 267 g/mol. The van der Waals surface area contributed by atoms with Crippen LogP contribution in [0.4, 0.5) is 0 Å². The summed E-state index contributed by atoms with van der Waals surface area (Å²) in [6, 6.07) is 1.75. The van der Waals surface area contributed by atoms with Crippen molar-refractivity contribution in [3.05, 3.63) is 17.5 Å².